The van der Waals surface area contributed by atoms with E-state index in [1.165, 1.54) is 4.90 Å². The summed E-state index contributed by atoms with van der Waals surface area (Å²) < 4.78 is 13.6. The second-order valence-electron chi connectivity index (χ2n) is 9.60. The van der Waals surface area contributed by atoms with Gasteiger partial charge in [-0.25, -0.2) is 4.39 Å². The Morgan fingerprint density at radius 1 is 1.11 bits per heavy atom. The van der Waals surface area contributed by atoms with Crippen molar-refractivity contribution >= 4 is 23.3 Å². The summed E-state index contributed by atoms with van der Waals surface area (Å²) in [4.78, 5) is 39.3. The van der Waals surface area contributed by atoms with Gasteiger partial charge in [-0.05, 0) is 43.5 Å². The largest absolute Gasteiger partial charge is 0.380 e. The number of benzene rings is 2. The second kappa shape index (κ2) is 10.7. The molecule has 1 fully saturated rings. The Kier molecular flexibility index (Phi) is 7.49. The summed E-state index contributed by atoms with van der Waals surface area (Å²) in [5.41, 5.74) is 2.03. The average Bonchev–Trinajstić information content (AvgIpc) is 3.29. The van der Waals surface area contributed by atoms with Gasteiger partial charge in [0.15, 0.2) is 5.78 Å². The summed E-state index contributed by atoms with van der Waals surface area (Å²) in [5.74, 6) is -0.490. The standard InChI is InChI=1S/C28H29FN4O3/c1-28(13-11-22(12-14-28)31-17-25(34)33-18-21(29)15-24(33)16-30)27(36)32-23-9-7-20(8-10-23)26(35)19-5-3-2-4-6-19/h2-11,21,24,31H,12-15,17-18H2,1H3,(H,32,36)/t21-,24-,28?/m0/s1. The van der Waals surface area contributed by atoms with Gasteiger partial charge in [0.25, 0.3) is 0 Å². The van der Waals surface area contributed by atoms with E-state index in [9.17, 15) is 18.8 Å². The first-order chi connectivity index (χ1) is 17.3. The Labute approximate surface area is 210 Å². The molecule has 2 amide bonds. The molecule has 7 nitrogen and oxygen atoms in total. The summed E-state index contributed by atoms with van der Waals surface area (Å²) in [6, 6.07) is 17.2. The number of rotatable bonds is 7. The van der Waals surface area contributed by atoms with Gasteiger partial charge in [-0.3, -0.25) is 14.4 Å². The molecule has 3 atom stereocenters. The monoisotopic (exact) mass is 488 g/mol. The summed E-state index contributed by atoms with van der Waals surface area (Å²) in [6.45, 7) is 1.85. The molecule has 0 radical (unpaired) electrons. The number of hydrogen-bond acceptors (Lipinski definition) is 5. The van der Waals surface area contributed by atoms with Gasteiger partial charge in [0.1, 0.15) is 12.2 Å². The van der Waals surface area contributed by atoms with E-state index in [2.05, 4.69) is 10.6 Å². The Hall–Kier alpha value is -3.99. The maximum atomic E-state index is 13.6. The molecule has 1 aliphatic heterocycles. The smallest absolute Gasteiger partial charge is 0.243 e. The predicted molar refractivity (Wildman–Crippen MR) is 134 cm³/mol. The molecule has 1 heterocycles. The third kappa shape index (κ3) is 5.62. The molecular formula is C28H29FN4O3. The van der Waals surface area contributed by atoms with E-state index in [1.807, 2.05) is 37.3 Å². The van der Waals surface area contributed by atoms with Crippen molar-refractivity contribution in [1.82, 2.24) is 10.2 Å². The zero-order chi connectivity index (χ0) is 25.7. The second-order valence-corrected chi connectivity index (χ2v) is 9.60. The lowest BCUT2D eigenvalue weighted by Gasteiger charge is -2.32. The van der Waals surface area contributed by atoms with E-state index in [0.29, 0.717) is 36.1 Å². The van der Waals surface area contributed by atoms with Crippen LogP contribution in [0.25, 0.3) is 0 Å². The molecule has 0 aromatic heterocycles. The van der Waals surface area contributed by atoms with Crippen LogP contribution in [0.4, 0.5) is 10.1 Å². The third-order valence-corrected chi connectivity index (χ3v) is 6.92. The zero-order valence-corrected chi connectivity index (χ0v) is 20.2. The van der Waals surface area contributed by atoms with Crippen LogP contribution in [0.2, 0.25) is 0 Å². The molecule has 2 aromatic carbocycles. The van der Waals surface area contributed by atoms with E-state index >= 15 is 0 Å². The maximum absolute atomic E-state index is 13.6. The first kappa shape index (κ1) is 25.1. The molecule has 0 saturated carbocycles. The van der Waals surface area contributed by atoms with E-state index in [0.717, 1.165) is 5.70 Å². The molecule has 4 rings (SSSR count). The predicted octanol–water partition coefficient (Wildman–Crippen LogP) is 3.98. The van der Waals surface area contributed by atoms with Crippen LogP contribution in [0, 0.1) is 16.7 Å². The van der Waals surface area contributed by atoms with Gasteiger partial charge < -0.3 is 15.5 Å². The highest BCUT2D eigenvalue weighted by atomic mass is 19.1. The Balaban J connectivity index is 1.29. The number of carbonyl (C=O) groups excluding carboxylic acids is 3. The van der Waals surface area contributed by atoms with Crippen LogP contribution in [0.3, 0.4) is 0 Å². The fourth-order valence-electron chi connectivity index (χ4n) is 4.55. The number of ketones is 1. The highest BCUT2D eigenvalue weighted by Crippen LogP contribution is 2.35. The number of allylic oxidation sites excluding steroid dienone is 2. The Bertz CT molecular complexity index is 1210. The van der Waals surface area contributed by atoms with Crippen LogP contribution in [0.15, 0.2) is 66.4 Å². The molecule has 1 aliphatic carbocycles. The van der Waals surface area contributed by atoms with Gasteiger partial charge in [-0.15, -0.1) is 0 Å². The SMILES string of the molecule is CC1(C(=O)Nc2ccc(C(=O)c3ccccc3)cc2)CC=C(NCC(=O)N2C[C@@H](F)C[C@H]2C#N)CC1. The summed E-state index contributed by atoms with van der Waals surface area (Å²) in [5, 5.41) is 15.2. The van der Waals surface area contributed by atoms with Crippen LogP contribution in [-0.4, -0.2) is 47.8 Å². The van der Waals surface area contributed by atoms with Gasteiger partial charge in [0.05, 0.1) is 24.6 Å². The van der Waals surface area contributed by atoms with Crippen molar-refractivity contribution in [3.63, 3.8) is 0 Å². The van der Waals surface area contributed by atoms with Gasteiger partial charge in [0, 0.05) is 28.9 Å². The first-order valence-corrected chi connectivity index (χ1v) is 12.1. The average molecular weight is 489 g/mol. The number of halogens is 1. The molecule has 0 spiro atoms. The van der Waals surface area contributed by atoms with Crippen LogP contribution >= 0.6 is 0 Å². The van der Waals surface area contributed by atoms with Crippen LogP contribution in [0.1, 0.15) is 48.5 Å². The fourth-order valence-corrected chi connectivity index (χ4v) is 4.55. The molecule has 2 aliphatic rings. The maximum Gasteiger partial charge on any atom is 0.243 e. The molecule has 36 heavy (non-hydrogen) atoms. The number of anilines is 1. The summed E-state index contributed by atoms with van der Waals surface area (Å²) in [6.07, 6.45) is 2.50. The van der Waals surface area contributed by atoms with Gasteiger partial charge in [0.2, 0.25) is 11.8 Å². The van der Waals surface area contributed by atoms with Gasteiger partial charge >= 0.3 is 0 Å². The quantitative estimate of drug-likeness (QED) is 0.574. The van der Waals surface area contributed by atoms with Crippen LogP contribution in [0.5, 0.6) is 0 Å². The topological polar surface area (TPSA) is 102 Å². The number of hydrogen-bond donors (Lipinski definition) is 2. The van der Waals surface area contributed by atoms with Gasteiger partial charge in [-0.1, -0.05) is 43.3 Å². The minimum atomic E-state index is -1.16. The lowest BCUT2D eigenvalue weighted by atomic mass is 9.77. The van der Waals surface area contributed by atoms with Crippen molar-refractivity contribution in [2.75, 3.05) is 18.4 Å². The van der Waals surface area contributed by atoms with E-state index in [4.69, 9.17) is 5.26 Å². The van der Waals surface area contributed by atoms with E-state index < -0.39 is 17.6 Å². The lowest BCUT2D eigenvalue weighted by Crippen LogP contribution is -2.41. The normalized spacial score (nSPS) is 23.4. The highest BCUT2D eigenvalue weighted by molar-refractivity contribution is 6.09. The molecule has 2 N–H and O–H groups in total. The third-order valence-electron chi connectivity index (χ3n) is 6.92. The number of alkyl halides is 1. The Morgan fingerprint density at radius 3 is 2.44 bits per heavy atom. The van der Waals surface area contributed by atoms with Crippen LogP contribution in [-0.2, 0) is 9.59 Å². The van der Waals surface area contributed by atoms with Gasteiger partial charge in [-0.2, -0.15) is 5.26 Å². The minimum Gasteiger partial charge on any atom is -0.380 e. The Morgan fingerprint density at radius 2 is 1.81 bits per heavy atom. The number of amides is 2. The molecule has 0 bridgehead atoms. The summed E-state index contributed by atoms with van der Waals surface area (Å²) in [7, 11) is 0. The summed E-state index contributed by atoms with van der Waals surface area (Å²) >= 11 is 0. The minimum absolute atomic E-state index is 0.00626. The number of nitrogens with zero attached hydrogens (tertiary/aromatic N) is 2. The number of likely N-dealkylation sites (tertiary alicyclic amines) is 1. The molecule has 1 saturated heterocycles. The van der Waals surface area contributed by atoms with Crippen molar-refractivity contribution in [2.24, 2.45) is 5.41 Å². The van der Waals surface area contributed by atoms with E-state index in [-0.39, 0.29) is 37.1 Å². The molecular weight excluding hydrogens is 459 g/mol. The molecule has 2 aromatic rings. The number of nitriles is 1. The molecule has 8 heteroatoms. The number of nitrogens with one attached hydrogen (secondary N) is 2. The van der Waals surface area contributed by atoms with Crippen molar-refractivity contribution in [1.29, 1.82) is 5.26 Å². The van der Waals surface area contributed by atoms with Crippen LogP contribution < -0.4 is 10.6 Å². The number of carbonyl (C=O) groups is 3. The van der Waals surface area contributed by atoms with Crippen molar-refractivity contribution in [2.45, 2.75) is 44.8 Å². The fraction of sp³-hybridized carbons (Fsp3) is 0.357. The molecule has 186 valence electrons. The highest BCUT2D eigenvalue weighted by Gasteiger charge is 2.36. The van der Waals surface area contributed by atoms with E-state index in [1.54, 1.807) is 36.4 Å². The lowest BCUT2D eigenvalue weighted by molar-refractivity contribution is -0.130. The van der Waals surface area contributed by atoms with Crippen molar-refractivity contribution < 1.29 is 18.8 Å². The molecule has 1 unspecified atom stereocenters. The zero-order valence-electron chi connectivity index (χ0n) is 20.2. The van der Waals surface area contributed by atoms with Crippen molar-refractivity contribution in [3.05, 3.63) is 77.5 Å². The van der Waals surface area contributed by atoms with Crippen molar-refractivity contribution in [3.8, 4) is 6.07 Å². The first-order valence-electron chi connectivity index (χ1n) is 12.1.